The second-order valence-electron chi connectivity index (χ2n) is 4.86. The molecule has 2 aromatic rings. The van der Waals surface area contributed by atoms with Crippen molar-refractivity contribution in [1.82, 2.24) is 10.5 Å². The zero-order chi connectivity index (χ0) is 14.4. The third kappa shape index (κ3) is 2.10. The van der Waals surface area contributed by atoms with Gasteiger partial charge in [0.2, 0.25) is 0 Å². The van der Waals surface area contributed by atoms with Crippen LogP contribution in [0.1, 0.15) is 11.1 Å². The Hall–Kier alpha value is -1.94. The Bertz CT molecular complexity index is 783. The van der Waals surface area contributed by atoms with Gasteiger partial charge in [-0.15, -0.1) is 5.53 Å². The van der Waals surface area contributed by atoms with Gasteiger partial charge in [-0.05, 0) is 29.8 Å². The molecule has 0 spiro atoms. The lowest BCUT2D eigenvalue weighted by molar-refractivity contribution is 0.416. The van der Waals surface area contributed by atoms with Crippen LogP contribution in [-0.2, 0) is 0 Å². The molecule has 0 atom stereocenters. The molecule has 0 bridgehead atoms. The Morgan fingerprint density at radius 2 is 1.76 bits per heavy atom. The lowest BCUT2D eigenvalue weighted by Gasteiger charge is -2.24. The summed E-state index contributed by atoms with van der Waals surface area (Å²) in [5.41, 5.74) is 7.70. The zero-order valence-corrected chi connectivity index (χ0v) is 12.4. The van der Waals surface area contributed by atoms with Crippen LogP contribution < -0.4 is 10.5 Å². The van der Waals surface area contributed by atoms with E-state index in [0.29, 0.717) is 10.0 Å². The van der Waals surface area contributed by atoms with Crippen molar-refractivity contribution >= 4 is 40.7 Å². The predicted octanol–water partition coefficient (Wildman–Crippen LogP) is 4.52. The molecule has 3 nitrogen and oxygen atoms in total. The molecule has 0 amide bonds. The molecule has 0 saturated carbocycles. The van der Waals surface area contributed by atoms with Gasteiger partial charge in [0.15, 0.2) is 0 Å². The molecule has 0 aliphatic carbocycles. The molecule has 0 fully saturated rings. The average molecular weight is 316 g/mol. The van der Waals surface area contributed by atoms with Gasteiger partial charge in [-0.3, -0.25) is 10.0 Å². The zero-order valence-electron chi connectivity index (χ0n) is 10.9. The summed E-state index contributed by atoms with van der Waals surface area (Å²) in [6.07, 6.45) is 6.13. The summed E-state index contributed by atoms with van der Waals surface area (Å²) >= 11 is 12.1. The van der Waals surface area contributed by atoms with Crippen LogP contribution >= 0.6 is 23.2 Å². The summed E-state index contributed by atoms with van der Waals surface area (Å²) in [6.45, 7) is 0. The SMILES string of the molecule is Clc1ccc(N2C=C3c4ccccc4C=CN3N2)cc1Cl. The van der Waals surface area contributed by atoms with Crippen molar-refractivity contribution in [3.8, 4) is 0 Å². The first-order valence-electron chi connectivity index (χ1n) is 6.51. The van der Waals surface area contributed by atoms with E-state index in [1.165, 1.54) is 11.1 Å². The van der Waals surface area contributed by atoms with E-state index in [0.717, 1.165) is 11.4 Å². The van der Waals surface area contributed by atoms with E-state index in [1.807, 2.05) is 46.7 Å². The van der Waals surface area contributed by atoms with Crippen LogP contribution in [0.5, 0.6) is 0 Å². The molecule has 4 rings (SSSR count). The lowest BCUT2D eigenvalue weighted by atomic mass is 10.0. The molecule has 0 aromatic heterocycles. The molecule has 5 heteroatoms. The summed E-state index contributed by atoms with van der Waals surface area (Å²) in [5, 5.41) is 4.99. The average Bonchev–Trinajstić information content (AvgIpc) is 2.94. The number of hydrogen-bond acceptors (Lipinski definition) is 3. The first-order chi connectivity index (χ1) is 10.2. The van der Waals surface area contributed by atoms with Crippen LogP contribution in [0.2, 0.25) is 10.0 Å². The van der Waals surface area contributed by atoms with Crippen molar-refractivity contribution in [2.75, 3.05) is 5.01 Å². The third-order valence-corrected chi connectivity index (χ3v) is 4.29. The van der Waals surface area contributed by atoms with E-state index < -0.39 is 0 Å². The van der Waals surface area contributed by atoms with Gasteiger partial charge in [0.1, 0.15) is 0 Å². The van der Waals surface area contributed by atoms with Gasteiger partial charge in [-0.1, -0.05) is 47.5 Å². The number of nitrogens with one attached hydrogen (secondary N) is 1. The topological polar surface area (TPSA) is 18.5 Å². The Labute approximate surface area is 132 Å². The van der Waals surface area contributed by atoms with Crippen molar-refractivity contribution in [3.05, 3.63) is 76.0 Å². The predicted molar refractivity (Wildman–Crippen MR) is 87.4 cm³/mol. The molecule has 1 N–H and O–H groups in total. The number of hydrazine groups is 2. The van der Waals surface area contributed by atoms with E-state index in [9.17, 15) is 0 Å². The highest BCUT2D eigenvalue weighted by molar-refractivity contribution is 6.42. The van der Waals surface area contributed by atoms with Gasteiger partial charge in [-0.2, -0.15) is 0 Å². The number of rotatable bonds is 1. The highest BCUT2D eigenvalue weighted by atomic mass is 35.5. The standard InChI is InChI=1S/C16H11Cl2N3/c17-14-6-5-12(9-15(14)18)21-10-16-13-4-2-1-3-11(13)7-8-20(16)19-21/h1-10,19H. The molecule has 0 saturated heterocycles. The fraction of sp³-hybridized carbons (Fsp3) is 0. The smallest absolute Gasteiger partial charge is 0.0845 e. The fourth-order valence-corrected chi connectivity index (χ4v) is 2.79. The van der Waals surface area contributed by atoms with Gasteiger partial charge in [0, 0.05) is 18.0 Å². The number of anilines is 1. The van der Waals surface area contributed by atoms with Crippen LogP contribution in [0.25, 0.3) is 11.8 Å². The van der Waals surface area contributed by atoms with Crippen LogP contribution in [0, 0.1) is 0 Å². The molecule has 0 unspecified atom stereocenters. The number of nitrogens with zero attached hydrogens (tertiary/aromatic N) is 2. The van der Waals surface area contributed by atoms with E-state index in [-0.39, 0.29) is 0 Å². The first kappa shape index (κ1) is 12.8. The van der Waals surface area contributed by atoms with Crippen molar-refractivity contribution in [3.63, 3.8) is 0 Å². The van der Waals surface area contributed by atoms with Gasteiger partial charge in [0.05, 0.1) is 21.4 Å². The van der Waals surface area contributed by atoms with Gasteiger partial charge >= 0.3 is 0 Å². The van der Waals surface area contributed by atoms with Crippen LogP contribution in [-0.4, -0.2) is 5.01 Å². The van der Waals surface area contributed by atoms with Crippen molar-refractivity contribution < 1.29 is 0 Å². The van der Waals surface area contributed by atoms with Crippen LogP contribution in [0.3, 0.4) is 0 Å². The minimum absolute atomic E-state index is 0.537. The molecule has 2 aromatic carbocycles. The third-order valence-electron chi connectivity index (χ3n) is 3.55. The minimum Gasteiger partial charge on any atom is -0.264 e. The normalized spacial score (nSPS) is 15.8. The molecular formula is C16H11Cl2N3. The molecule has 21 heavy (non-hydrogen) atoms. The number of hydrogen-bond donors (Lipinski definition) is 1. The second-order valence-corrected chi connectivity index (χ2v) is 5.67. The summed E-state index contributed by atoms with van der Waals surface area (Å²) in [6, 6.07) is 13.8. The van der Waals surface area contributed by atoms with Gasteiger partial charge in [-0.25, -0.2) is 0 Å². The number of fused-ring (bicyclic) bond motifs is 3. The quantitative estimate of drug-likeness (QED) is 0.834. The van der Waals surface area contributed by atoms with Crippen molar-refractivity contribution in [2.24, 2.45) is 0 Å². The Morgan fingerprint density at radius 3 is 2.62 bits per heavy atom. The monoisotopic (exact) mass is 315 g/mol. The first-order valence-corrected chi connectivity index (χ1v) is 7.27. The summed E-state index contributed by atoms with van der Waals surface area (Å²) in [7, 11) is 0. The maximum Gasteiger partial charge on any atom is 0.0845 e. The molecule has 2 aliphatic rings. The molecular weight excluding hydrogens is 305 g/mol. The largest absolute Gasteiger partial charge is 0.264 e. The van der Waals surface area contributed by atoms with Crippen molar-refractivity contribution in [2.45, 2.75) is 0 Å². The Kier molecular flexibility index (Phi) is 2.93. The summed E-state index contributed by atoms with van der Waals surface area (Å²) < 4.78 is 0. The highest BCUT2D eigenvalue weighted by Gasteiger charge is 2.25. The Morgan fingerprint density at radius 1 is 0.905 bits per heavy atom. The van der Waals surface area contributed by atoms with E-state index >= 15 is 0 Å². The van der Waals surface area contributed by atoms with Crippen LogP contribution in [0.4, 0.5) is 5.69 Å². The molecule has 2 aliphatic heterocycles. The van der Waals surface area contributed by atoms with Crippen LogP contribution in [0.15, 0.2) is 54.9 Å². The van der Waals surface area contributed by atoms with E-state index in [4.69, 9.17) is 23.2 Å². The number of benzene rings is 2. The van der Waals surface area contributed by atoms with Gasteiger partial charge < -0.3 is 0 Å². The fourth-order valence-electron chi connectivity index (χ4n) is 2.49. The second kappa shape index (κ2) is 4.81. The maximum absolute atomic E-state index is 6.09. The molecule has 2 heterocycles. The minimum atomic E-state index is 0.537. The Balaban J connectivity index is 1.75. The molecule has 0 radical (unpaired) electrons. The number of halogens is 2. The van der Waals surface area contributed by atoms with E-state index in [1.54, 1.807) is 6.07 Å². The highest BCUT2D eigenvalue weighted by Crippen LogP contribution is 2.34. The maximum atomic E-state index is 6.09. The van der Waals surface area contributed by atoms with E-state index in [2.05, 4.69) is 23.7 Å². The van der Waals surface area contributed by atoms with Crippen molar-refractivity contribution in [1.29, 1.82) is 0 Å². The summed E-state index contributed by atoms with van der Waals surface area (Å²) in [4.78, 5) is 0. The summed E-state index contributed by atoms with van der Waals surface area (Å²) in [5.74, 6) is 0. The lowest BCUT2D eigenvalue weighted by Crippen LogP contribution is -2.37. The molecule has 104 valence electrons. The van der Waals surface area contributed by atoms with Gasteiger partial charge in [0.25, 0.3) is 0 Å².